The van der Waals surface area contributed by atoms with Crippen LogP contribution in [0.15, 0.2) is 48.5 Å². The van der Waals surface area contributed by atoms with Crippen molar-refractivity contribution in [2.24, 2.45) is 0 Å². The molecule has 5 nitrogen and oxygen atoms in total. The van der Waals surface area contributed by atoms with E-state index >= 15 is 0 Å². The molecule has 0 heterocycles. The maximum atomic E-state index is 12.9. The number of rotatable bonds is 8. The lowest BCUT2D eigenvalue weighted by Crippen LogP contribution is -2.49. The van der Waals surface area contributed by atoms with Gasteiger partial charge in [0.05, 0.1) is 0 Å². The van der Waals surface area contributed by atoms with E-state index in [0.717, 1.165) is 11.1 Å². The number of benzene rings is 2. The molecule has 1 atom stereocenters. The van der Waals surface area contributed by atoms with Gasteiger partial charge in [0.2, 0.25) is 5.91 Å². The molecular weight excluding hydrogens is 364 g/mol. The molecule has 1 N–H and O–H groups in total. The predicted molar refractivity (Wildman–Crippen MR) is 107 cm³/mol. The van der Waals surface area contributed by atoms with E-state index in [1.807, 2.05) is 50.2 Å². The number of carbonyl (C=O) groups excluding carboxylic acids is 2. The number of halogens is 1. The number of hydrogen-bond acceptors (Lipinski definition) is 3. The van der Waals surface area contributed by atoms with E-state index in [2.05, 4.69) is 5.32 Å². The van der Waals surface area contributed by atoms with E-state index in [4.69, 9.17) is 16.3 Å². The molecule has 0 saturated carbocycles. The molecule has 2 rings (SSSR count). The highest BCUT2D eigenvalue weighted by Gasteiger charge is 2.28. The summed E-state index contributed by atoms with van der Waals surface area (Å²) in [7, 11) is 1.57. The Hall–Kier alpha value is -2.53. The molecule has 0 radical (unpaired) electrons. The number of nitrogens with one attached hydrogen (secondary N) is 1. The normalized spacial score (nSPS) is 11.6. The third kappa shape index (κ3) is 6.00. The molecule has 0 aliphatic rings. The maximum absolute atomic E-state index is 12.9. The molecule has 0 aliphatic heterocycles. The second kappa shape index (κ2) is 9.97. The SMILES string of the molecule is CC[C@H](C(=O)NC)N(Cc1ccc(Cl)cc1)C(=O)COc1ccc(C)cc1. The Balaban J connectivity index is 2.15. The van der Waals surface area contributed by atoms with Gasteiger partial charge in [-0.15, -0.1) is 0 Å². The summed E-state index contributed by atoms with van der Waals surface area (Å²) in [6, 6.07) is 14.1. The topological polar surface area (TPSA) is 58.6 Å². The fraction of sp³-hybridized carbons (Fsp3) is 0.333. The summed E-state index contributed by atoms with van der Waals surface area (Å²) in [5.74, 6) is 0.171. The van der Waals surface area contributed by atoms with Crippen molar-refractivity contribution in [3.63, 3.8) is 0 Å². The fourth-order valence-electron chi connectivity index (χ4n) is 2.74. The molecule has 2 aromatic rings. The zero-order valence-electron chi connectivity index (χ0n) is 15.9. The van der Waals surface area contributed by atoms with Crippen LogP contribution in [0.4, 0.5) is 0 Å². The fourth-order valence-corrected chi connectivity index (χ4v) is 2.86. The zero-order chi connectivity index (χ0) is 19.8. The quantitative estimate of drug-likeness (QED) is 0.751. The highest BCUT2D eigenvalue weighted by Crippen LogP contribution is 2.16. The first-order chi connectivity index (χ1) is 12.9. The number of ether oxygens (including phenoxy) is 1. The molecule has 2 amide bonds. The van der Waals surface area contributed by atoms with Crippen molar-refractivity contribution in [1.29, 1.82) is 0 Å². The Morgan fingerprint density at radius 2 is 1.74 bits per heavy atom. The summed E-state index contributed by atoms with van der Waals surface area (Å²) in [6.45, 7) is 4.03. The van der Waals surface area contributed by atoms with Crippen molar-refractivity contribution < 1.29 is 14.3 Å². The number of carbonyl (C=O) groups is 2. The average Bonchev–Trinajstić information content (AvgIpc) is 2.68. The van der Waals surface area contributed by atoms with Crippen molar-refractivity contribution in [2.45, 2.75) is 32.9 Å². The van der Waals surface area contributed by atoms with Gasteiger partial charge in [0, 0.05) is 18.6 Å². The van der Waals surface area contributed by atoms with Gasteiger partial charge in [-0.1, -0.05) is 48.4 Å². The van der Waals surface area contributed by atoms with Gasteiger partial charge in [-0.3, -0.25) is 9.59 Å². The van der Waals surface area contributed by atoms with E-state index in [1.165, 1.54) is 0 Å². The van der Waals surface area contributed by atoms with E-state index in [1.54, 1.807) is 24.1 Å². The summed E-state index contributed by atoms with van der Waals surface area (Å²) in [5.41, 5.74) is 2.01. The Kier molecular flexibility index (Phi) is 7.67. The van der Waals surface area contributed by atoms with E-state index < -0.39 is 6.04 Å². The lowest BCUT2D eigenvalue weighted by Gasteiger charge is -2.30. The summed E-state index contributed by atoms with van der Waals surface area (Å²) < 4.78 is 5.62. The average molecular weight is 389 g/mol. The van der Waals surface area contributed by atoms with E-state index in [0.29, 0.717) is 23.7 Å². The van der Waals surface area contributed by atoms with Crippen LogP contribution in [0, 0.1) is 6.92 Å². The Morgan fingerprint density at radius 3 is 2.30 bits per heavy atom. The Morgan fingerprint density at radius 1 is 1.11 bits per heavy atom. The number of aryl methyl sites for hydroxylation is 1. The standard InChI is InChI=1S/C21H25ClN2O3/c1-4-19(21(26)23-3)24(13-16-7-9-17(22)10-8-16)20(25)14-27-18-11-5-15(2)6-12-18/h5-12,19H,4,13-14H2,1-3H3,(H,23,26)/t19-/m1/s1. The molecule has 0 aromatic heterocycles. The first-order valence-corrected chi connectivity index (χ1v) is 9.27. The summed E-state index contributed by atoms with van der Waals surface area (Å²) >= 11 is 5.94. The number of likely N-dealkylation sites (N-methyl/N-ethyl adjacent to an activating group) is 1. The Bertz CT molecular complexity index is 760. The molecule has 2 aromatic carbocycles. The van der Waals surface area contributed by atoms with Gasteiger partial charge in [-0.25, -0.2) is 0 Å². The minimum absolute atomic E-state index is 0.135. The van der Waals surface area contributed by atoms with Gasteiger partial charge < -0.3 is 15.0 Å². The van der Waals surface area contributed by atoms with Gasteiger partial charge in [0.1, 0.15) is 11.8 Å². The Labute approximate surface area is 165 Å². The molecule has 27 heavy (non-hydrogen) atoms. The van der Waals surface area contributed by atoms with Crippen LogP contribution in [0.25, 0.3) is 0 Å². The second-order valence-corrected chi connectivity index (χ2v) is 6.72. The molecule has 0 fully saturated rings. The molecule has 0 bridgehead atoms. The van der Waals surface area contributed by atoms with Crippen LogP contribution in [-0.2, 0) is 16.1 Å². The number of nitrogens with zero attached hydrogens (tertiary/aromatic N) is 1. The number of amides is 2. The minimum atomic E-state index is -0.570. The van der Waals surface area contributed by atoms with Crippen LogP contribution < -0.4 is 10.1 Å². The van der Waals surface area contributed by atoms with Crippen LogP contribution >= 0.6 is 11.6 Å². The van der Waals surface area contributed by atoms with Crippen molar-refractivity contribution in [3.8, 4) is 5.75 Å². The molecule has 144 valence electrons. The predicted octanol–water partition coefficient (Wildman–Crippen LogP) is 3.58. The summed E-state index contributed by atoms with van der Waals surface area (Å²) in [5, 5.41) is 3.25. The van der Waals surface area contributed by atoms with Gasteiger partial charge in [0.15, 0.2) is 6.61 Å². The lowest BCUT2D eigenvalue weighted by atomic mass is 10.1. The smallest absolute Gasteiger partial charge is 0.261 e. The van der Waals surface area contributed by atoms with Crippen LogP contribution in [0.3, 0.4) is 0 Å². The number of hydrogen-bond donors (Lipinski definition) is 1. The monoisotopic (exact) mass is 388 g/mol. The van der Waals surface area contributed by atoms with Crippen LogP contribution in [-0.4, -0.2) is 36.4 Å². The van der Waals surface area contributed by atoms with Crippen molar-refractivity contribution in [2.75, 3.05) is 13.7 Å². The maximum Gasteiger partial charge on any atom is 0.261 e. The lowest BCUT2D eigenvalue weighted by molar-refractivity contribution is -0.142. The van der Waals surface area contributed by atoms with Crippen LogP contribution in [0.1, 0.15) is 24.5 Å². The summed E-state index contributed by atoms with van der Waals surface area (Å²) in [4.78, 5) is 26.7. The third-order valence-corrected chi connectivity index (χ3v) is 4.53. The molecule has 0 unspecified atom stereocenters. The third-order valence-electron chi connectivity index (χ3n) is 4.28. The van der Waals surface area contributed by atoms with Crippen molar-refractivity contribution >= 4 is 23.4 Å². The zero-order valence-corrected chi connectivity index (χ0v) is 16.6. The largest absolute Gasteiger partial charge is 0.484 e. The van der Waals surface area contributed by atoms with Crippen LogP contribution in [0.5, 0.6) is 5.75 Å². The van der Waals surface area contributed by atoms with Crippen LogP contribution in [0.2, 0.25) is 5.02 Å². The molecule has 6 heteroatoms. The molecule has 0 aliphatic carbocycles. The van der Waals surface area contributed by atoms with Crippen molar-refractivity contribution in [3.05, 3.63) is 64.7 Å². The van der Waals surface area contributed by atoms with Crippen molar-refractivity contribution in [1.82, 2.24) is 10.2 Å². The van der Waals surface area contributed by atoms with Gasteiger partial charge >= 0.3 is 0 Å². The highest BCUT2D eigenvalue weighted by atomic mass is 35.5. The van der Waals surface area contributed by atoms with Gasteiger partial charge in [-0.05, 0) is 43.2 Å². The molecule has 0 spiro atoms. The summed E-state index contributed by atoms with van der Waals surface area (Å²) in [6.07, 6.45) is 0.504. The molecular formula is C21H25ClN2O3. The minimum Gasteiger partial charge on any atom is -0.484 e. The van der Waals surface area contributed by atoms with E-state index in [-0.39, 0.29) is 18.4 Å². The highest BCUT2D eigenvalue weighted by molar-refractivity contribution is 6.30. The van der Waals surface area contributed by atoms with Gasteiger partial charge in [0.25, 0.3) is 5.91 Å². The first-order valence-electron chi connectivity index (χ1n) is 8.89. The van der Waals surface area contributed by atoms with Gasteiger partial charge in [-0.2, -0.15) is 0 Å². The second-order valence-electron chi connectivity index (χ2n) is 6.29. The molecule has 0 saturated heterocycles. The van der Waals surface area contributed by atoms with E-state index in [9.17, 15) is 9.59 Å². The first kappa shape index (κ1) is 20.8.